The number of aryl methyl sites for hydroxylation is 1. The van der Waals surface area contributed by atoms with Gasteiger partial charge in [-0.05, 0) is 70.3 Å². The lowest BCUT2D eigenvalue weighted by Crippen LogP contribution is -2.58. The largest absolute Gasteiger partial charge is 0.305 e. The highest BCUT2D eigenvalue weighted by Gasteiger charge is 2.47. The van der Waals surface area contributed by atoms with Gasteiger partial charge in [0.05, 0.1) is 6.54 Å². The zero-order valence-electron chi connectivity index (χ0n) is 18.4. The number of piperidine rings is 1. The van der Waals surface area contributed by atoms with Crippen molar-refractivity contribution in [3.8, 4) is 0 Å². The van der Waals surface area contributed by atoms with E-state index in [1.54, 1.807) is 0 Å². The van der Waals surface area contributed by atoms with Gasteiger partial charge in [0, 0.05) is 16.6 Å². The fourth-order valence-electron chi connectivity index (χ4n) is 5.57. The van der Waals surface area contributed by atoms with Crippen LogP contribution in [0.1, 0.15) is 63.1 Å². The fourth-order valence-corrected chi connectivity index (χ4v) is 5.57. The van der Waals surface area contributed by atoms with E-state index in [-0.39, 0.29) is 16.9 Å². The van der Waals surface area contributed by atoms with Crippen LogP contribution in [-0.2, 0) is 10.2 Å². The molecule has 0 aliphatic carbocycles. The lowest BCUT2D eigenvalue weighted by atomic mass is 9.65. The average Bonchev–Trinajstić information content (AvgIpc) is 2.69. The van der Waals surface area contributed by atoms with Crippen LogP contribution >= 0.6 is 0 Å². The summed E-state index contributed by atoms with van der Waals surface area (Å²) in [6, 6.07) is 17.4. The Morgan fingerprint density at radius 2 is 1.66 bits per heavy atom. The van der Waals surface area contributed by atoms with Gasteiger partial charge in [0.15, 0.2) is 0 Å². The lowest BCUT2D eigenvalue weighted by molar-refractivity contribution is -0.121. The molecule has 0 unspecified atom stereocenters. The highest BCUT2D eigenvalue weighted by molar-refractivity contribution is 5.98. The molecule has 1 saturated heterocycles. The van der Waals surface area contributed by atoms with Crippen LogP contribution in [0.5, 0.6) is 0 Å². The van der Waals surface area contributed by atoms with E-state index in [2.05, 4.69) is 86.0 Å². The minimum absolute atomic E-state index is 0.117. The number of likely N-dealkylation sites (tertiary alicyclic amines) is 1. The molecule has 3 heteroatoms. The summed E-state index contributed by atoms with van der Waals surface area (Å²) in [6.45, 7) is 11.6. The van der Waals surface area contributed by atoms with Crippen LogP contribution < -0.4 is 4.90 Å². The van der Waals surface area contributed by atoms with Gasteiger partial charge in [-0.1, -0.05) is 61.4 Å². The van der Waals surface area contributed by atoms with E-state index >= 15 is 0 Å². The van der Waals surface area contributed by atoms with Gasteiger partial charge in [-0.3, -0.25) is 9.69 Å². The van der Waals surface area contributed by atoms with Crippen LogP contribution in [0.2, 0.25) is 0 Å². The zero-order valence-corrected chi connectivity index (χ0v) is 18.4. The standard InChI is InChI=1S/C26H34N2O/c1-20-13-14-23-22(17-20)26(4,21-11-7-5-8-12-21)19-25(2,3)28(23)24(29)18-27-15-9-6-10-16-27/h5,7-8,11-14,17H,6,9-10,15-16,18-19H2,1-4H3/t26-/m0/s1. The van der Waals surface area contributed by atoms with Crippen molar-refractivity contribution in [2.75, 3.05) is 24.5 Å². The quantitative estimate of drug-likeness (QED) is 0.710. The monoisotopic (exact) mass is 390 g/mol. The maximum Gasteiger partial charge on any atom is 0.241 e. The molecule has 0 radical (unpaired) electrons. The Labute approximate surface area is 175 Å². The first-order valence-electron chi connectivity index (χ1n) is 11.0. The number of anilines is 1. The van der Waals surface area contributed by atoms with Crippen molar-refractivity contribution in [1.82, 2.24) is 4.90 Å². The van der Waals surface area contributed by atoms with Crippen molar-refractivity contribution < 1.29 is 4.79 Å². The highest BCUT2D eigenvalue weighted by atomic mass is 16.2. The molecule has 2 heterocycles. The first-order valence-corrected chi connectivity index (χ1v) is 11.0. The number of rotatable bonds is 3. The predicted octanol–water partition coefficient (Wildman–Crippen LogP) is 5.30. The summed E-state index contributed by atoms with van der Waals surface area (Å²) >= 11 is 0. The number of hydrogen-bond donors (Lipinski definition) is 0. The predicted molar refractivity (Wildman–Crippen MR) is 121 cm³/mol. The van der Waals surface area contributed by atoms with E-state index < -0.39 is 0 Å². The van der Waals surface area contributed by atoms with Gasteiger partial charge in [0.1, 0.15) is 0 Å². The second-order valence-corrected chi connectivity index (χ2v) is 9.77. The number of amides is 1. The van der Waals surface area contributed by atoms with Gasteiger partial charge in [-0.25, -0.2) is 0 Å². The van der Waals surface area contributed by atoms with Gasteiger partial charge in [-0.2, -0.15) is 0 Å². The Morgan fingerprint density at radius 3 is 2.34 bits per heavy atom. The van der Waals surface area contributed by atoms with E-state index in [1.807, 2.05) is 0 Å². The van der Waals surface area contributed by atoms with Gasteiger partial charge < -0.3 is 4.90 Å². The molecule has 29 heavy (non-hydrogen) atoms. The van der Waals surface area contributed by atoms with Crippen molar-refractivity contribution in [3.63, 3.8) is 0 Å². The molecule has 154 valence electrons. The first-order chi connectivity index (χ1) is 13.8. The van der Waals surface area contributed by atoms with Crippen molar-refractivity contribution in [3.05, 3.63) is 65.2 Å². The third-order valence-electron chi connectivity index (χ3n) is 6.85. The van der Waals surface area contributed by atoms with Crippen LogP contribution in [0, 0.1) is 6.92 Å². The molecule has 1 amide bonds. The van der Waals surface area contributed by atoms with Crippen molar-refractivity contribution in [2.24, 2.45) is 0 Å². The van der Waals surface area contributed by atoms with E-state index in [0.29, 0.717) is 6.54 Å². The minimum atomic E-state index is -0.250. The second kappa shape index (κ2) is 7.60. The van der Waals surface area contributed by atoms with E-state index in [0.717, 1.165) is 25.2 Å². The molecule has 2 aromatic carbocycles. The van der Waals surface area contributed by atoms with Crippen LogP contribution in [0.4, 0.5) is 5.69 Å². The molecule has 0 N–H and O–H groups in total. The van der Waals surface area contributed by atoms with Gasteiger partial charge in [-0.15, -0.1) is 0 Å². The Kier molecular flexibility index (Phi) is 5.29. The summed E-state index contributed by atoms with van der Waals surface area (Å²) in [6.07, 6.45) is 4.61. The van der Waals surface area contributed by atoms with Crippen LogP contribution in [-0.4, -0.2) is 36.0 Å². The Balaban J connectivity index is 1.77. The van der Waals surface area contributed by atoms with E-state index in [1.165, 1.54) is 36.0 Å². The topological polar surface area (TPSA) is 23.6 Å². The third-order valence-corrected chi connectivity index (χ3v) is 6.85. The normalized spacial score (nSPS) is 24.2. The highest BCUT2D eigenvalue weighted by Crippen LogP contribution is 2.50. The van der Waals surface area contributed by atoms with Gasteiger partial charge in [0.2, 0.25) is 5.91 Å². The lowest BCUT2D eigenvalue weighted by Gasteiger charge is -2.52. The Bertz CT molecular complexity index is 883. The summed E-state index contributed by atoms with van der Waals surface area (Å²) in [5, 5.41) is 0. The van der Waals surface area contributed by atoms with Crippen molar-refractivity contribution >= 4 is 11.6 Å². The van der Waals surface area contributed by atoms with Crippen LogP contribution in [0.15, 0.2) is 48.5 Å². The number of carbonyl (C=O) groups is 1. The first kappa shape index (κ1) is 20.2. The molecule has 1 atom stereocenters. The van der Waals surface area contributed by atoms with Crippen LogP contribution in [0.3, 0.4) is 0 Å². The SMILES string of the molecule is Cc1ccc2c(c1)[C@](C)(c1ccccc1)CC(C)(C)N2C(=O)CN1CCCCC1. The molecular weight excluding hydrogens is 356 g/mol. The average molecular weight is 391 g/mol. The number of carbonyl (C=O) groups excluding carboxylic acids is 1. The molecule has 3 nitrogen and oxygen atoms in total. The number of fused-ring (bicyclic) bond motifs is 1. The Hall–Kier alpha value is -2.13. The summed E-state index contributed by atoms with van der Waals surface area (Å²) in [5.74, 6) is 0.233. The number of hydrogen-bond acceptors (Lipinski definition) is 2. The van der Waals surface area contributed by atoms with E-state index in [4.69, 9.17) is 0 Å². The molecule has 2 aromatic rings. The molecule has 1 fully saturated rings. The fraction of sp³-hybridized carbons (Fsp3) is 0.500. The molecular formula is C26H34N2O. The summed E-state index contributed by atoms with van der Waals surface area (Å²) in [4.78, 5) is 18.0. The maximum atomic E-state index is 13.6. The minimum Gasteiger partial charge on any atom is -0.305 e. The zero-order chi connectivity index (χ0) is 20.6. The van der Waals surface area contributed by atoms with Crippen molar-refractivity contribution in [2.45, 2.75) is 64.3 Å². The molecule has 0 spiro atoms. The molecule has 0 bridgehead atoms. The molecule has 0 aromatic heterocycles. The molecule has 0 saturated carbocycles. The third kappa shape index (κ3) is 3.73. The summed E-state index contributed by atoms with van der Waals surface area (Å²) in [7, 11) is 0. The van der Waals surface area contributed by atoms with E-state index in [9.17, 15) is 4.79 Å². The van der Waals surface area contributed by atoms with Crippen molar-refractivity contribution in [1.29, 1.82) is 0 Å². The van der Waals surface area contributed by atoms with Gasteiger partial charge >= 0.3 is 0 Å². The molecule has 2 aliphatic heterocycles. The number of nitrogens with zero attached hydrogens (tertiary/aromatic N) is 2. The summed E-state index contributed by atoms with van der Waals surface area (Å²) in [5.41, 5.74) is 4.56. The smallest absolute Gasteiger partial charge is 0.241 e. The Morgan fingerprint density at radius 1 is 0.966 bits per heavy atom. The second-order valence-electron chi connectivity index (χ2n) is 9.77. The summed E-state index contributed by atoms with van der Waals surface area (Å²) < 4.78 is 0. The van der Waals surface area contributed by atoms with Gasteiger partial charge in [0.25, 0.3) is 0 Å². The molecule has 2 aliphatic rings. The maximum absolute atomic E-state index is 13.6. The van der Waals surface area contributed by atoms with Crippen LogP contribution in [0.25, 0.3) is 0 Å². The molecule has 4 rings (SSSR count). The number of benzene rings is 2.